The number of carboxylic acid groups (broad SMARTS) is 1. The van der Waals surface area contributed by atoms with Gasteiger partial charge in [-0.1, -0.05) is 0 Å². The van der Waals surface area contributed by atoms with Crippen LogP contribution in [0.2, 0.25) is 0 Å². The molecule has 1 heterocycles. The van der Waals surface area contributed by atoms with E-state index in [1.54, 1.807) is 12.1 Å². The van der Waals surface area contributed by atoms with Crippen molar-refractivity contribution in [1.29, 1.82) is 0 Å². The molecule has 0 aliphatic carbocycles. The molecular formula is C10H6N2O4S. The maximum atomic E-state index is 10.7. The standard InChI is InChI=1S/C10H6N2O4S/c13-10(14)9-5-8(11-17-9)6-1-3-7(4-2-6)12(15)16/h1-5H,(H,13,14). The first kappa shape index (κ1) is 11.2. The largest absolute Gasteiger partial charge is 0.477 e. The maximum absolute atomic E-state index is 10.7. The zero-order valence-corrected chi connectivity index (χ0v) is 9.18. The summed E-state index contributed by atoms with van der Waals surface area (Å²) in [6.07, 6.45) is 0. The number of carboxylic acids is 1. The van der Waals surface area contributed by atoms with E-state index in [9.17, 15) is 14.9 Å². The summed E-state index contributed by atoms with van der Waals surface area (Å²) < 4.78 is 3.97. The van der Waals surface area contributed by atoms with E-state index in [0.717, 1.165) is 11.5 Å². The molecule has 0 bridgehead atoms. The lowest BCUT2D eigenvalue weighted by atomic mass is 10.1. The maximum Gasteiger partial charge on any atom is 0.347 e. The molecule has 86 valence electrons. The molecule has 0 unspecified atom stereocenters. The molecule has 1 N–H and O–H groups in total. The number of non-ortho nitro benzene ring substituents is 1. The average molecular weight is 250 g/mol. The number of hydrogen-bond donors (Lipinski definition) is 1. The van der Waals surface area contributed by atoms with Gasteiger partial charge in [-0.2, -0.15) is 4.37 Å². The number of benzene rings is 1. The summed E-state index contributed by atoms with van der Waals surface area (Å²) in [6.45, 7) is 0. The number of aromatic nitrogens is 1. The van der Waals surface area contributed by atoms with Crippen LogP contribution in [-0.4, -0.2) is 20.4 Å². The Bertz CT molecular complexity index is 576. The van der Waals surface area contributed by atoms with Gasteiger partial charge in [0.25, 0.3) is 5.69 Å². The average Bonchev–Trinajstić information content (AvgIpc) is 2.78. The van der Waals surface area contributed by atoms with Gasteiger partial charge in [-0.05, 0) is 29.7 Å². The van der Waals surface area contributed by atoms with Crippen molar-refractivity contribution in [1.82, 2.24) is 4.37 Å². The predicted molar refractivity (Wildman–Crippen MR) is 61.2 cm³/mol. The molecule has 1 aromatic heterocycles. The van der Waals surface area contributed by atoms with Crippen LogP contribution in [0.5, 0.6) is 0 Å². The molecule has 0 aliphatic rings. The van der Waals surface area contributed by atoms with Crippen LogP contribution < -0.4 is 0 Å². The van der Waals surface area contributed by atoms with Crippen molar-refractivity contribution in [2.75, 3.05) is 0 Å². The minimum Gasteiger partial charge on any atom is -0.477 e. The minimum absolute atomic E-state index is 0.0116. The van der Waals surface area contributed by atoms with Crippen molar-refractivity contribution in [3.8, 4) is 11.3 Å². The lowest BCUT2D eigenvalue weighted by molar-refractivity contribution is -0.384. The van der Waals surface area contributed by atoms with Crippen LogP contribution in [0.1, 0.15) is 9.67 Å². The predicted octanol–water partition coefficient (Wildman–Crippen LogP) is 2.42. The van der Waals surface area contributed by atoms with Gasteiger partial charge in [-0.25, -0.2) is 4.79 Å². The lowest BCUT2D eigenvalue weighted by Gasteiger charge is -1.95. The molecule has 1 aromatic carbocycles. The zero-order chi connectivity index (χ0) is 12.4. The highest BCUT2D eigenvalue weighted by Crippen LogP contribution is 2.24. The van der Waals surface area contributed by atoms with Crippen LogP contribution in [-0.2, 0) is 0 Å². The van der Waals surface area contributed by atoms with Crippen molar-refractivity contribution < 1.29 is 14.8 Å². The Morgan fingerprint density at radius 2 is 2.00 bits per heavy atom. The summed E-state index contributed by atoms with van der Waals surface area (Å²) in [5.74, 6) is -1.03. The van der Waals surface area contributed by atoms with Crippen molar-refractivity contribution in [3.05, 3.63) is 45.3 Å². The molecular weight excluding hydrogens is 244 g/mol. The number of nitro benzene ring substituents is 1. The molecule has 0 radical (unpaired) electrons. The van der Waals surface area contributed by atoms with E-state index >= 15 is 0 Å². The first-order chi connectivity index (χ1) is 8.08. The van der Waals surface area contributed by atoms with E-state index in [-0.39, 0.29) is 10.6 Å². The summed E-state index contributed by atoms with van der Waals surface area (Å²) in [6, 6.07) is 7.23. The van der Waals surface area contributed by atoms with Crippen molar-refractivity contribution in [2.45, 2.75) is 0 Å². The van der Waals surface area contributed by atoms with Crippen LogP contribution in [0.4, 0.5) is 5.69 Å². The highest BCUT2D eigenvalue weighted by Gasteiger charge is 2.11. The molecule has 0 saturated carbocycles. The SMILES string of the molecule is O=C(O)c1cc(-c2ccc([N+](=O)[O-])cc2)ns1. The first-order valence-electron chi connectivity index (χ1n) is 4.53. The van der Waals surface area contributed by atoms with E-state index in [2.05, 4.69) is 4.37 Å². The highest BCUT2D eigenvalue weighted by molar-refractivity contribution is 7.08. The number of hydrogen-bond acceptors (Lipinski definition) is 5. The Hall–Kier alpha value is -2.28. The van der Waals surface area contributed by atoms with Crippen LogP contribution >= 0.6 is 11.5 Å². The van der Waals surface area contributed by atoms with Gasteiger partial charge >= 0.3 is 5.97 Å². The van der Waals surface area contributed by atoms with Gasteiger partial charge in [-0.15, -0.1) is 0 Å². The van der Waals surface area contributed by atoms with Crippen LogP contribution in [0.25, 0.3) is 11.3 Å². The lowest BCUT2D eigenvalue weighted by Crippen LogP contribution is -1.90. The van der Waals surface area contributed by atoms with E-state index < -0.39 is 10.9 Å². The highest BCUT2D eigenvalue weighted by atomic mass is 32.1. The van der Waals surface area contributed by atoms with Crippen LogP contribution in [0.3, 0.4) is 0 Å². The number of aromatic carboxylic acids is 1. The Morgan fingerprint density at radius 3 is 2.47 bits per heavy atom. The van der Waals surface area contributed by atoms with E-state index in [0.29, 0.717) is 11.3 Å². The minimum atomic E-state index is -1.03. The number of carbonyl (C=O) groups is 1. The normalized spacial score (nSPS) is 10.1. The van der Waals surface area contributed by atoms with E-state index in [1.807, 2.05) is 0 Å². The fraction of sp³-hybridized carbons (Fsp3) is 0. The third-order valence-corrected chi connectivity index (χ3v) is 2.87. The molecule has 7 heteroatoms. The Morgan fingerprint density at radius 1 is 1.35 bits per heavy atom. The van der Waals surface area contributed by atoms with Crippen molar-refractivity contribution in [2.24, 2.45) is 0 Å². The van der Waals surface area contributed by atoms with Crippen LogP contribution in [0, 0.1) is 10.1 Å². The van der Waals surface area contributed by atoms with E-state index in [4.69, 9.17) is 5.11 Å². The molecule has 0 amide bonds. The van der Waals surface area contributed by atoms with E-state index in [1.165, 1.54) is 18.2 Å². The molecule has 6 nitrogen and oxygen atoms in total. The topological polar surface area (TPSA) is 93.3 Å². The smallest absolute Gasteiger partial charge is 0.347 e. The monoisotopic (exact) mass is 250 g/mol. The molecule has 2 rings (SSSR count). The van der Waals surface area contributed by atoms with Gasteiger partial charge in [0, 0.05) is 17.7 Å². The first-order valence-corrected chi connectivity index (χ1v) is 5.30. The molecule has 0 atom stereocenters. The molecule has 0 fully saturated rings. The van der Waals surface area contributed by atoms with Gasteiger partial charge in [0.05, 0.1) is 10.6 Å². The second-order valence-corrected chi connectivity index (χ2v) is 3.99. The summed E-state index contributed by atoms with van der Waals surface area (Å²) in [5, 5.41) is 19.2. The molecule has 17 heavy (non-hydrogen) atoms. The van der Waals surface area contributed by atoms with Gasteiger partial charge in [0.15, 0.2) is 0 Å². The second kappa shape index (κ2) is 4.30. The summed E-state index contributed by atoms with van der Waals surface area (Å²) in [7, 11) is 0. The number of nitro groups is 1. The third kappa shape index (κ3) is 2.28. The van der Waals surface area contributed by atoms with Gasteiger partial charge in [-0.3, -0.25) is 10.1 Å². The Kier molecular flexibility index (Phi) is 2.84. The fourth-order valence-corrected chi connectivity index (χ4v) is 1.86. The zero-order valence-electron chi connectivity index (χ0n) is 8.36. The summed E-state index contributed by atoms with van der Waals surface area (Å²) in [5.41, 5.74) is 1.14. The summed E-state index contributed by atoms with van der Waals surface area (Å²) in [4.78, 5) is 20.8. The molecule has 0 spiro atoms. The molecule has 0 aliphatic heterocycles. The summed E-state index contributed by atoms with van der Waals surface area (Å²) >= 11 is 0.880. The Balaban J connectivity index is 2.33. The number of rotatable bonds is 3. The van der Waals surface area contributed by atoms with Gasteiger partial charge < -0.3 is 5.11 Å². The second-order valence-electron chi connectivity index (χ2n) is 3.19. The Labute approximate surface area is 99.5 Å². The molecule has 2 aromatic rings. The number of nitrogens with zero attached hydrogens (tertiary/aromatic N) is 2. The van der Waals surface area contributed by atoms with Gasteiger partial charge in [0.2, 0.25) is 0 Å². The fourth-order valence-electron chi connectivity index (χ4n) is 1.27. The van der Waals surface area contributed by atoms with Crippen molar-refractivity contribution in [3.63, 3.8) is 0 Å². The quantitative estimate of drug-likeness (QED) is 0.666. The molecule has 0 saturated heterocycles. The third-order valence-electron chi connectivity index (χ3n) is 2.09. The van der Waals surface area contributed by atoms with Crippen molar-refractivity contribution >= 4 is 23.2 Å². The van der Waals surface area contributed by atoms with Crippen LogP contribution in [0.15, 0.2) is 30.3 Å². The van der Waals surface area contributed by atoms with Gasteiger partial charge in [0.1, 0.15) is 4.88 Å².